The highest BCUT2D eigenvalue weighted by atomic mass is 127. The Kier molecular flexibility index (Phi) is 8.75. The van der Waals surface area contributed by atoms with Crippen LogP contribution in [0.25, 0.3) is 0 Å². The first-order valence-electron chi connectivity index (χ1n) is 7.82. The van der Waals surface area contributed by atoms with Gasteiger partial charge in [0.25, 0.3) is 0 Å². The predicted molar refractivity (Wildman–Crippen MR) is 100 cm³/mol. The van der Waals surface area contributed by atoms with E-state index in [1.165, 1.54) is 12.5 Å². The van der Waals surface area contributed by atoms with Crippen molar-refractivity contribution in [3.8, 4) is 0 Å². The molecule has 0 amide bonds. The summed E-state index contributed by atoms with van der Waals surface area (Å²) >= 11 is 0. The van der Waals surface area contributed by atoms with Crippen molar-refractivity contribution >= 4 is 29.9 Å². The molecule has 7 heteroatoms. The second-order valence-corrected chi connectivity index (χ2v) is 5.56. The minimum Gasteiger partial charge on any atom is -0.370 e. The molecule has 1 aromatic carbocycles. The zero-order valence-corrected chi connectivity index (χ0v) is 15.7. The van der Waals surface area contributed by atoms with Gasteiger partial charge in [-0.25, -0.2) is 8.78 Å². The van der Waals surface area contributed by atoms with Crippen LogP contribution in [-0.2, 0) is 6.42 Å². The predicted octanol–water partition coefficient (Wildman–Crippen LogP) is 2.51. The van der Waals surface area contributed by atoms with Gasteiger partial charge in [-0.1, -0.05) is 6.92 Å². The molecule has 1 saturated heterocycles. The molecule has 2 rings (SSSR count). The van der Waals surface area contributed by atoms with Crippen molar-refractivity contribution in [1.82, 2.24) is 10.2 Å². The summed E-state index contributed by atoms with van der Waals surface area (Å²) in [5.74, 6) is -0.470. The summed E-state index contributed by atoms with van der Waals surface area (Å²) in [6, 6.07) is 3.93. The lowest BCUT2D eigenvalue weighted by molar-refractivity contribution is 0.273. The summed E-state index contributed by atoms with van der Waals surface area (Å²) in [7, 11) is 0. The quantitative estimate of drug-likeness (QED) is 0.408. The van der Waals surface area contributed by atoms with Crippen LogP contribution in [0.15, 0.2) is 23.2 Å². The number of halogens is 3. The maximum atomic E-state index is 13.5. The molecule has 0 bridgehead atoms. The van der Waals surface area contributed by atoms with E-state index >= 15 is 0 Å². The van der Waals surface area contributed by atoms with Gasteiger partial charge in [0.05, 0.1) is 6.54 Å². The van der Waals surface area contributed by atoms with Crippen LogP contribution in [0.3, 0.4) is 0 Å². The first kappa shape index (κ1) is 20.1. The van der Waals surface area contributed by atoms with Gasteiger partial charge in [-0.15, -0.1) is 24.0 Å². The number of likely N-dealkylation sites (N-methyl/N-ethyl adjacent to an activating group) is 1. The Morgan fingerprint density at radius 2 is 2.22 bits per heavy atom. The molecule has 1 atom stereocenters. The average molecular weight is 438 g/mol. The van der Waals surface area contributed by atoms with Gasteiger partial charge in [0, 0.05) is 12.6 Å². The number of guanidine groups is 1. The molecular formula is C16H25F2IN4. The third-order valence-corrected chi connectivity index (χ3v) is 4.09. The Labute approximate surface area is 153 Å². The number of hydrogen-bond donors (Lipinski definition) is 2. The van der Waals surface area contributed by atoms with Gasteiger partial charge < -0.3 is 11.1 Å². The molecule has 0 aliphatic carbocycles. The molecule has 1 aliphatic heterocycles. The number of nitrogens with one attached hydrogen (secondary N) is 1. The van der Waals surface area contributed by atoms with Gasteiger partial charge >= 0.3 is 0 Å². The number of aliphatic imine (C=N–C) groups is 1. The highest BCUT2D eigenvalue weighted by molar-refractivity contribution is 14.0. The zero-order chi connectivity index (χ0) is 15.9. The van der Waals surface area contributed by atoms with Crippen molar-refractivity contribution in [3.63, 3.8) is 0 Å². The molecule has 1 fully saturated rings. The third kappa shape index (κ3) is 6.21. The molecule has 0 spiro atoms. The van der Waals surface area contributed by atoms with Crippen molar-refractivity contribution < 1.29 is 8.78 Å². The largest absolute Gasteiger partial charge is 0.370 e. The van der Waals surface area contributed by atoms with Crippen LogP contribution in [0.5, 0.6) is 0 Å². The molecule has 3 N–H and O–H groups in total. The van der Waals surface area contributed by atoms with Crippen molar-refractivity contribution in [1.29, 1.82) is 0 Å². The summed E-state index contributed by atoms with van der Waals surface area (Å²) in [6.07, 6.45) is 2.73. The number of hydrogen-bond acceptors (Lipinski definition) is 2. The first-order chi connectivity index (χ1) is 10.6. The van der Waals surface area contributed by atoms with Crippen LogP contribution < -0.4 is 11.1 Å². The summed E-state index contributed by atoms with van der Waals surface area (Å²) in [4.78, 5) is 6.75. The topological polar surface area (TPSA) is 53.6 Å². The maximum absolute atomic E-state index is 13.5. The Balaban J connectivity index is 0.00000264. The number of nitrogens with two attached hydrogens (primary N) is 1. The average Bonchev–Trinajstić information content (AvgIpc) is 2.96. The molecule has 4 nitrogen and oxygen atoms in total. The van der Waals surface area contributed by atoms with Gasteiger partial charge in [-0.2, -0.15) is 0 Å². The van der Waals surface area contributed by atoms with Crippen LogP contribution in [-0.4, -0.2) is 43.1 Å². The smallest absolute Gasteiger partial charge is 0.188 e. The fourth-order valence-electron chi connectivity index (χ4n) is 2.84. The van der Waals surface area contributed by atoms with E-state index in [2.05, 4.69) is 22.1 Å². The second-order valence-electron chi connectivity index (χ2n) is 5.56. The standard InChI is InChI=1S/C16H24F2N4.HI/c1-2-22-9-3-4-14(22)11-21-16(19)20-8-7-12-10-13(17)5-6-15(12)18;/h5-6,10,14H,2-4,7-9,11H2,1H3,(H3,19,20,21);1H. The van der Waals surface area contributed by atoms with Crippen LogP contribution in [0, 0.1) is 11.6 Å². The minimum atomic E-state index is -0.432. The summed E-state index contributed by atoms with van der Waals surface area (Å²) in [6.45, 7) is 5.42. The Hall–Kier alpha value is -0.960. The fraction of sp³-hybridized carbons (Fsp3) is 0.562. The summed E-state index contributed by atoms with van der Waals surface area (Å²) < 4.78 is 26.5. The SMILES string of the molecule is CCN1CCCC1CN=C(N)NCCc1cc(F)ccc1F.I. The lowest BCUT2D eigenvalue weighted by Gasteiger charge is -2.20. The maximum Gasteiger partial charge on any atom is 0.188 e. The Bertz CT molecular complexity index is 525. The van der Waals surface area contributed by atoms with Gasteiger partial charge in [-0.05, 0) is 56.1 Å². The minimum absolute atomic E-state index is 0. The highest BCUT2D eigenvalue weighted by Gasteiger charge is 2.22. The monoisotopic (exact) mass is 438 g/mol. The van der Waals surface area contributed by atoms with E-state index in [0.29, 0.717) is 37.1 Å². The van der Waals surface area contributed by atoms with E-state index < -0.39 is 11.6 Å². The van der Waals surface area contributed by atoms with Crippen molar-refractivity contribution in [3.05, 3.63) is 35.4 Å². The van der Waals surface area contributed by atoms with E-state index in [1.807, 2.05) is 0 Å². The third-order valence-electron chi connectivity index (χ3n) is 4.09. The van der Waals surface area contributed by atoms with Crippen LogP contribution in [0.1, 0.15) is 25.3 Å². The number of rotatable bonds is 6. The van der Waals surface area contributed by atoms with Crippen molar-refractivity contribution in [2.24, 2.45) is 10.7 Å². The van der Waals surface area contributed by atoms with E-state index in [4.69, 9.17) is 5.73 Å². The van der Waals surface area contributed by atoms with Crippen LogP contribution >= 0.6 is 24.0 Å². The van der Waals surface area contributed by atoms with E-state index in [-0.39, 0.29) is 24.0 Å². The van der Waals surface area contributed by atoms with E-state index in [0.717, 1.165) is 31.6 Å². The molecule has 23 heavy (non-hydrogen) atoms. The molecule has 0 aromatic heterocycles. The molecule has 0 saturated carbocycles. The Morgan fingerprint density at radius 3 is 2.96 bits per heavy atom. The molecule has 130 valence electrons. The van der Waals surface area contributed by atoms with Gasteiger partial charge in [0.1, 0.15) is 11.6 Å². The van der Waals surface area contributed by atoms with Gasteiger partial charge in [-0.3, -0.25) is 9.89 Å². The number of benzene rings is 1. The van der Waals surface area contributed by atoms with Crippen LogP contribution in [0.4, 0.5) is 8.78 Å². The second kappa shape index (κ2) is 10.0. The number of likely N-dealkylation sites (tertiary alicyclic amines) is 1. The summed E-state index contributed by atoms with van der Waals surface area (Å²) in [5.41, 5.74) is 6.16. The van der Waals surface area contributed by atoms with E-state index in [9.17, 15) is 8.78 Å². The highest BCUT2D eigenvalue weighted by Crippen LogP contribution is 2.16. The molecule has 0 radical (unpaired) electrons. The lowest BCUT2D eigenvalue weighted by atomic mass is 10.1. The Morgan fingerprint density at radius 1 is 1.43 bits per heavy atom. The van der Waals surface area contributed by atoms with Gasteiger partial charge in [0.2, 0.25) is 0 Å². The molecule has 1 aliphatic rings. The van der Waals surface area contributed by atoms with E-state index in [1.54, 1.807) is 0 Å². The summed E-state index contributed by atoms with van der Waals surface area (Å²) in [5, 5.41) is 2.95. The van der Waals surface area contributed by atoms with Crippen molar-refractivity contribution in [2.75, 3.05) is 26.2 Å². The lowest BCUT2D eigenvalue weighted by Crippen LogP contribution is -2.36. The molecule has 1 aromatic rings. The zero-order valence-electron chi connectivity index (χ0n) is 13.4. The fourth-order valence-corrected chi connectivity index (χ4v) is 2.84. The molecule has 1 heterocycles. The number of nitrogens with zero attached hydrogens (tertiary/aromatic N) is 2. The molecule has 1 unspecified atom stereocenters. The first-order valence-corrected chi connectivity index (χ1v) is 7.82. The molecular weight excluding hydrogens is 413 g/mol. The van der Waals surface area contributed by atoms with Crippen LogP contribution in [0.2, 0.25) is 0 Å². The normalized spacial score (nSPS) is 18.7. The van der Waals surface area contributed by atoms with Crippen molar-refractivity contribution in [2.45, 2.75) is 32.2 Å². The van der Waals surface area contributed by atoms with Gasteiger partial charge in [0.15, 0.2) is 5.96 Å².